The van der Waals surface area contributed by atoms with Crippen molar-refractivity contribution in [3.8, 4) is 11.5 Å². The zero-order chi connectivity index (χ0) is 24.9. The second-order valence-corrected chi connectivity index (χ2v) is 10.0. The molecule has 0 aliphatic heterocycles. The van der Waals surface area contributed by atoms with Crippen LogP contribution in [0.4, 0.5) is 5.69 Å². The van der Waals surface area contributed by atoms with Crippen LogP contribution < -0.4 is 10.2 Å². The van der Waals surface area contributed by atoms with E-state index in [1.54, 1.807) is 12.4 Å². The van der Waals surface area contributed by atoms with Crippen LogP contribution in [0.5, 0.6) is 0 Å². The van der Waals surface area contributed by atoms with Crippen LogP contribution in [0.2, 0.25) is 0 Å². The van der Waals surface area contributed by atoms with Gasteiger partial charge >= 0.3 is 0 Å². The van der Waals surface area contributed by atoms with Gasteiger partial charge < -0.3 is 14.6 Å². The molecule has 3 aromatic rings. The molecule has 0 fully saturated rings. The Balaban J connectivity index is 1.41. The molecule has 0 radical (unpaired) electrons. The molecule has 1 aromatic carbocycles. The van der Waals surface area contributed by atoms with E-state index in [2.05, 4.69) is 47.3 Å². The third-order valence-corrected chi connectivity index (χ3v) is 7.04. The first-order valence-electron chi connectivity index (χ1n) is 12.3. The number of amides is 1. The average molecular weight is 474 g/mol. The summed E-state index contributed by atoms with van der Waals surface area (Å²) < 4.78 is 5.96. The molecule has 0 saturated carbocycles. The molecule has 4 rings (SSSR count). The summed E-state index contributed by atoms with van der Waals surface area (Å²) >= 11 is 0. The largest absolute Gasteiger partial charge is 0.421 e. The number of benzene rings is 1. The number of pyridine rings is 1. The molecule has 1 aliphatic rings. The summed E-state index contributed by atoms with van der Waals surface area (Å²) in [6.07, 6.45) is 7.54. The van der Waals surface area contributed by atoms with E-state index in [1.807, 2.05) is 55.4 Å². The van der Waals surface area contributed by atoms with Crippen molar-refractivity contribution in [1.29, 1.82) is 0 Å². The summed E-state index contributed by atoms with van der Waals surface area (Å²) in [5, 5.41) is 11.7. The minimum Gasteiger partial charge on any atom is -0.421 e. The van der Waals surface area contributed by atoms with Gasteiger partial charge in [-0.05, 0) is 73.4 Å². The zero-order valence-electron chi connectivity index (χ0n) is 21.2. The Kier molecular flexibility index (Phi) is 7.63. The monoisotopic (exact) mass is 473 g/mol. The van der Waals surface area contributed by atoms with Crippen LogP contribution >= 0.6 is 0 Å². The van der Waals surface area contributed by atoms with Crippen molar-refractivity contribution in [1.82, 2.24) is 20.5 Å². The molecule has 0 bridgehead atoms. The predicted octanol–water partition coefficient (Wildman–Crippen LogP) is 5.02. The summed E-state index contributed by atoms with van der Waals surface area (Å²) in [6, 6.07) is 11.4. The smallest absolute Gasteiger partial charge is 0.251 e. The van der Waals surface area contributed by atoms with E-state index < -0.39 is 0 Å². The van der Waals surface area contributed by atoms with Gasteiger partial charge in [-0.25, -0.2) is 0 Å². The molecule has 3 atom stereocenters. The van der Waals surface area contributed by atoms with E-state index in [-0.39, 0.29) is 5.91 Å². The molecular weight excluding hydrogens is 438 g/mol. The number of rotatable bonds is 8. The maximum Gasteiger partial charge on any atom is 0.251 e. The van der Waals surface area contributed by atoms with E-state index in [9.17, 15) is 4.79 Å². The van der Waals surface area contributed by atoms with E-state index in [0.717, 1.165) is 24.1 Å². The van der Waals surface area contributed by atoms with Crippen LogP contribution in [-0.4, -0.2) is 41.7 Å². The van der Waals surface area contributed by atoms with E-state index in [1.165, 1.54) is 5.57 Å². The normalized spacial score (nSPS) is 19.9. The van der Waals surface area contributed by atoms with Gasteiger partial charge in [-0.2, -0.15) is 0 Å². The first-order valence-corrected chi connectivity index (χ1v) is 12.3. The van der Waals surface area contributed by atoms with Gasteiger partial charge in [0.25, 0.3) is 5.91 Å². The van der Waals surface area contributed by atoms with Gasteiger partial charge in [0.2, 0.25) is 11.8 Å². The standard InChI is InChI=1S/C28H35N5O2/c1-18(2)25-15-22(16-26-31-32-28(35-26)21-10-12-29-13-11-21)19(3)14-23(25)17-30-27(34)20-6-8-24(9-7-20)33(4)5/h6-14,18,22-23,25H,15-17H2,1-5H3,(H,30,34). The van der Waals surface area contributed by atoms with E-state index in [0.29, 0.717) is 47.6 Å². The topological polar surface area (TPSA) is 84.2 Å². The molecule has 1 aliphatic carbocycles. The fourth-order valence-corrected chi connectivity index (χ4v) is 4.89. The number of carbonyl (C=O) groups excluding carboxylic acids is 1. The first kappa shape index (κ1) is 24.6. The molecular formula is C28H35N5O2. The lowest BCUT2D eigenvalue weighted by atomic mass is 9.70. The van der Waals surface area contributed by atoms with Crippen molar-refractivity contribution >= 4 is 11.6 Å². The average Bonchev–Trinajstić information content (AvgIpc) is 3.33. The van der Waals surface area contributed by atoms with Gasteiger partial charge in [-0.1, -0.05) is 25.5 Å². The lowest BCUT2D eigenvalue weighted by molar-refractivity contribution is 0.0939. The third kappa shape index (κ3) is 5.96. The molecule has 35 heavy (non-hydrogen) atoms. The van der Waals surface area contributed by atoms with Gasteiger partial charge in [0.05, 0.1) is 0 Å². The molecule has 0 saturated heterocycles. The minimum atomic E-state index is -0.0273. The van der Waals surface area contributed by atoms with Crippen LogP contribution in [0.15, 0.2) is 64.9 Å². The maximum atomic E-state index is 12.8. The number of nitrogens with one attached hydrogen (secondary N) is 1. The molecule has 184 valence electrons. The number of aromatic nitrogens is 3. The minimum absolute atomic E-state index is 0.0273. The number of hydrogen-bond donors (Lipinski definition) is 1. The lowest BCUT2D eigenvalue weighted by Crippen LogP contribution is -2.37. The molecule has 2 heterocycles. The predicted molar refractivity (Wildman–Crippen MR) is 138 cm³/mol. The highest BCUT2D eigenvalue weighted by atomic mass is 16.4. The highest BCUT2D eigenvalue weighted by Crippen LogP contribution is 2.38. The fraction of sp³-hybridized carbons (Fsp3) is 0.429. The zero-order valence-corrected chi connectivity index (χ0v) is 21.2. The van der Waals surface area contributed by atoms with Crippen LogP contribution in [-0.2, 0) is 6.42 Å². The van der Waals surface area contributed by atoms with E-state index in [4.69, 9.17) is 4.42 Å². The third-order valence-electron chi connectivity index (χ3n) is 7.04. The van der Waals surface area contributed by atoms with Gasteiger partial charge in [-0.3, -0.25) is 9.78 Å². The number of nitrogens with zero attached hydrogens (tertiary/aromatic N) is 4. The van der Waals surface area contributed by atoms with Crippen LogP contribution in [0.3, 0.4) is 0 Å². The van der Waals surface area contributed by atoms with Crippen molar-refractivity contribution in [3.63, 3.8) is 0 Å². The second kappa shape index (κ2) is 10.8. The van der Waals surface area contributed by atoms with Crippen molar-refractivity contribution in [2.24, 2.45) is 23.7 Å². The highest BCUT2D eigenvalue weighted by molar-refractivity contribution is 5.94. The molecule has 7 heteroatoms. The SMILES string of the molecule is CC1=CC(CNC(=O)c2ccc(N(C)C)cc2)C(C(C)C)CC1Cc1nnc(-c2ccncc2)o1. The van der Waals surface area contributed by atoms with Gasteiger partial charge in [0, 0.05) is 56.3 Å². The number of carbonyl (C=O) groups is 1. The Morgan fingerprint density at radius 2 is 1.83 bits per heavy atom. The summed E-state index contributed by atoms with van der Waals surface area (Å²) in [5.74, 6) is 2.76. The van der Waals surface area contributed by atoms with E-state index >= 15 is 0 Å². The Labute approximate surface area is 207 Å². The van der Waals surface area contributed by atoms with Crippen LogP contribution in [0.25, 0.3) is 11.5 Å². The Hall–Kier alpha value is -3.48. The second-order valence-electron chi connectivity index (χ2n) is 10.0. The molecule has 7 nitrogen and oxygen atoms in total. The van der Waals surface area contributed by atoms with Crippen molar-refractivity contribution < 1.29 is 9.21 Å². The van der Waals surface area contributed by atoms with Crippen molar-refractivity contribution in [2.45, 2.75) is 33.6 Å². The summed E-state index contributed by atoms with van der Waals surface area (Å²) in [7, 11) is 3.98. The Morgan fingerprint density at radius 3 is 2.49 bits per heavy atom. The van der Waals surface area contributed by atoms with Gasteiger partial charge in [0.15, 0.2) is 0 Å². The lowest BCUT2D eigenvalue weighted by Gasteiger charge is -2.37. The maximum absolute atomic E-state index is 12.8. The molecule has 1 N–H and O–H groups in total. The van der Waals surface area contributed by atoms with Gasteiger partial charge in [-0.15, -0.1) is 10.2 Å². The molecule has 1 amide bonds. The molecule has 3 unspecified atom stereocenters. The Morgan fingerprint density at radius 1 is 1.11 bits per heavy atom. The highest BCUT2D eigenvalue weighted by Gasteiger charge is 2.32. The van der Waals surface area contributed by atoms with Gasteiger partial charge in [0.1, 0.15) is 0 Å². The first-order chi connectivity index (χ1) is 16.8. The van der Waals surface area contributed by atoms with Crippen LogP contribution in [0, 0.1) is 23.7 Å². The number of allylic oxidation sites excluding steroid dienone is 1. The summed E-state index contributed by atoms with van der Waals surface area (Å²) in [4.78, 5) is 18.8. The quantitative estimate of drug-likeness (QED) is 0.462. The fourth-order valence-electron chi connectivity index (χ4n) is 4.89. The number of hydrogen-bond acceptors (Lipinski definition) is 6. The van der Waals surface area contributed by atoms with Crippen molar-refractivity contribution in [2.75, 3.05) is 25.5 Å². The number of anilines is 1. The van der Waals surface area contributed by atoms with Crippen molar-refractivity contribution in [3.05, 3.63) is 71.9 Å². The Bertz CT molecular complexity index is 1150. The molecule has 0 spiro atoms. The summed E-state index contributed by atoms with van der Waals surface area (Å²) in [5.41, 5.74) is 3.96. The van der Waals surface area contributed by atoms with Crippen LogP contribution in [0.1, 0.15) is 43.4 Å². The molecule has 2 aromatic heterocycles. The summed E-state index contributed by atoms with van der Waals surface area (Å²) in [6.45, 7) is 7.34.